The lowest BCUT2D eigenvalue weighted by Gasteiger charge is -2.04. The van der Waals surface area contributed by atoms with E-state index in [4.69, 9.17) is 0 Å². The Kier molecular flexibility index (Phi) is 3.00. The third-order valence-electron chi connectivity index (χ3n) is 4.49. The number of rotatable bonds is 2. The lowest BCUT2D eigenvalue weighted by molar-refractivity contribution is 1.27. The molecule has 0 fully saturated rings. The molecule has 0 atom stereocenters. The molecule has 0 amide bonds. The van der Waals surface area contributed by atoms with Crippen LogP contribution in [0.3, 0.4) is 0 Å². The standard InChI is InChI=1S/C21H14S2/c1-3-20(22-9-1)14-5-7-18-16(11-14)13-17-12-15(6-8-19(17)18)21-4-2-10-23-21/h1-12H,13H2. The summed E-state index contributed by atoms with van der Waals surface area (Å²) in [4.78, 5) is 2.70. The van der Waals surface area contributed by atoms with Crippen LogP contribution in [-0.2, 0) is 6.42 Å². The van der Waals surface area contributed by atoms with Crippen molar-refractivity contribution < 1.29 is 0 Å². The van der Waals surface area contributed by atoms with Crippen LogP contribution < -0.4 is 0 Å². The van der Waals surface area contributed by atoms with Gasteiger partial charge in [-0.3, -0.25) is 0 Å². The van der Waals surface area contributed by atoms with Gasteiger partial charge in [0, 0.05) is 9.75 Å². The molecule has 0 spiro atoms. The molecular formula is C21H14S2. The number of thiophene rings is 2. The molecule has 2 heteroatoms. The van der Waals surface area contributed by atoms with Gasteiger partial charge in [0.15, 0.2) is 0 Å². The van der Waals surface area contributed by atoms with Gasteiger partial charge in [-0.1, -0.05) is 36.4 Å². The van der Waals surface area contributed by atoms with Crippen LogP contribution in [0, 0.1) is 0 Å². The van der Waals surface area contributed by atoms with Crippen molar-refractivity contribution in [2.45, 2.75) is 6.42 Å². The Bertz CT molecular complexity index is 895. The quantitative estimate of drug-likeness (QED) is 0.337. The van der Waals surface area contributed by atoms with E-state index < -0.39 is 0 Å². The first-order valence-corrected chi connectivity index (χ1v) is 9.48. The fourth-order valence-electron chi connectivity index (χ4n) is 3.40. The van der Waals surface area contributed by atoms with E-state index in [0.29, 0.717) is 0 Å². The average molecular weight is 330 g/mol. The normalized spacial score (nSPS) is 12.2. The fraction of sp³-hybridized carbons (Fsp3) is 0.0476. The van der Waals surface area contributed by atoms with Crippen molar-refractivity contribution in [2.75, 3.05) is 0 Å². The van der Waals surface area contributed by atoms with Gasteiger partial charge in [-0.15, -0.1) is 22.7 Å². The molecule has 0 saturated heterocycles. The van der Waals surface area contributed by atoms with Gasteiger partial charge >= 0.3 is 0 Å². The molecule has 1 aliphatic carbocycles. The summed E-state index contributed by atoms with van der Waals surface area (Å²) in [5.74, 6) is 0. The van der Waals surface area contributed by atoms with Gasteiger partial charge in [0.2, 0.25) is 0 Å². The van der Waals surface area contributed by atoms with Crippen molar-refractivity contribution in [3.8, 4) is 32.0 Å². The summed E-state index contributed by atoms with van der Waals surface area (Å²) in [5, 5.41) is 4.29. The molecular weight excluding hydrogens is 316 g/mol. The highest BCUT2D eigenvalue weighted by molar-refractivity contribution is 7.13. The summed E-state index contributed by atoms with van der Waals surface area (Å²) in [6.07, 6.45) is 1.04. The second-order valence-electron chi connectivity index (χ2n) is 5.88. The Balaban J connectivity index is 1.58. The molecule has 0 aliphatic heterocycles. The van der Waals surface area contributed by atoms with Crippen molar-refractivity contribution in [1.82, 2.24) is 0 Å². The van der Waals surface area contributed by atoms with Gasteiger partial charge < -0.3 is 0 Å². The molecule has 2 aromatic heterocycles. The molecule has 4 aromatic rings. The molecule has 0 unspecified atom stereocenters. The Morgan fingerprint density at radius 3 is 1.57 bits per heavy atom. The van der Waals surface area contributed by atoms with E-state index in [-0.39, 0.29) is 0 Å². The molecule has 0 bridgehead atoms. The van der Waals surface area contributed by atoms with E-state index in [1.807, 2.05) is 22.7 Å². The Labute approximate surface area is 143 Å². The zero-order valence-electron chi connectivity index (χ0n) is 12.5. The highest BCUT2D eigenvalue weighted by atomic mass is 32.1. The van der Waals surface area contributed by atoms with Gasteiger partial charge in [-0.2, -0.15) is 0 Å². The first kappa shape index (κ1) is 13.3. The maximum atomic E-state index is 2.37. The van der Waals surface area contributed by atoms with Crippen LogP contribution in [0.5, 0.6) is 0 Å². The maximum absolute atomic E-state index is 2.37. The minimum Gasteiger partial charge on any atom is -0.144 e. The molecule has 110 valence electrons. The summed E-state index contributed by atoms with van der Waals surface area (Å²) in [5.41, 5.74) is 8.38. The van der Waals surface area contributed by atoms with Crippen LogP contribution in [-0.4, -0.2) is 0 Å². The lowest BCUT2D eigenvalue weighted by atomic mass is 10.0. The molecule has 0 saturated carbocycles. The number of benzene rings is 2. The summed E-state index contributed by atoms with van der Waals surface area (Å²) < 4.78 is 0. The van der Waals surface area contributed by atoms with E-state index in [1.54, 1.807) is 0 Å². The molecule has 0 nitrogen and oxygen atoms in total. The highest BCUT2D eigenvalue weighted by Crippen LogP contribution is 2.41. The predicted molar refractivity (Wildman–Crippen MR) is 101 cm³/mol. The molecule has 0 radical (unpaired) electrons. The van der Waals surface area contributed by atoms with Crippen molar-refractivity contribution in [3.63, 3.8) is 0 Å². The van der Waals surface area contributed by atoms with Crippen molar-refractivity contribution in [2.24, 2.45) is 0 Å². The van der Waals surface area contributed by atoms with Crippen LogP contribution in [0.15, 0.2) is 71.4 Å². The smallest absolute Gasteiger partial charge is 0.0342 e. The second-order valence-corrected chi connectivity index (χ2v) is 7.77. The number of hydrogen-bond donors (Lipinski definition) is 0. The van der Waals surface area contributed by atoms with Crippen molar-refractivity contribution in [1.29, 1.82) is 0 Å². The topological polar surface area (TPSA) is 0 Å². The number of fused-ring (bicyclic) bond motifs is 3. The molecule has 2 heterocycles. The summed E-state index contributed by atoms with van der Waals surface area (Å²) in [7, 11) is 0. The molecule has 2 aromatic carbocycles. The lowest BCUT2D eigenvalue weighted by Crippen LogP contribution is -1.82. The zero-order valence-corrected chi connectivity index (χ0v) is 14.1. The van der Waals surface area contributed by atoms with Crippen LogP contribution >= 0.6 is 22.7 Å². The molecule has 0 N–H and O–H groups in total. The maximum Gasteiger partial charge on any atom is 0.0342 e. The van der Waals surface area contributed by atoms with E-state index in [2.05, 4.69) is 71.4 Å². The Morgan fingerprint density at radius 1 is 0.609 bits per heavy atom. The molecule has 1 aliphatic rings. The van der Waals surface area contributed by atoms with Crippen molar-refractivity contribution >= 4 is 22.7 Å². The van der Waals surface area contributed by atoms with Gasteiger partial charge in [-0.05, 0) is 74.8 Å². The van der Waals surface area contributed by atoms with E-state index in [0.717, 1.165) is 6.42 Å². The average Bonchev–Trinajstić information content (AvgIpc) is 3.32. The van der Waals surface area contributed by atoms with Crippen molar-refractivity contribution in [3.05, 3.63) is 82.6 Å². The monoisotopic (exact) mass is 330 g/mol. The minimum absolute atomic E-state index is 1.04. The van der Waals surface area contributed by atoms with E-state index in [9.17, 15) is 0 Å². The zero-order chi connectivity index (χ0) is 15.2. The van der Waals surface area contributed by atoms with Crippen LogP contribution in [0.4, 0.5) is 0 Å². The second kappa shape index (κ2) is 5.19. The number of hydrogen-bond acceptors (Lipinski definition) is 2. The minimum atomic E-state index is 1.04. The van der Waals surface area contributed by atoms with Crippen LogP contribution in [0.2, 0.25) is 0 Å². The summed E-state index contributed by atoms with van der Waals surface area (Å²) in [6.45, 7) is 0. The Hall–Kier alpha value is -2.16. The van der Waals surface area contributed by atoms with Gasteiger partial charge in [-0.25, -0.2) is 0 Å². The summed E-state index contributed by atoms with van der Waals surface area (Å²) in [6, 6.07) is 22.5. The van der Waals surface area contributed by atoms with E-state index >= 15 is 0 Å². The Morgan fingerprint density at radius 2 is 1.13 bits per heavy atom. The highest BCUT2D eigenvalue weighted by Gasteiger charge is 2.19. The SMILES string of the molecule is c1csc(-c2ccc3c(c2)Cc2cc(-c4cccs4)ccc2-3)c1. The van der Waals surface area contributed by atoms with Crippen LogP contribution in [0.1, 0.15) is 11.1 Å². The summed E-state index contributed by atoms with van der Waals surface area (Å²) >= 11 is 3.61. The van der Waals surface area contributed by atoms with E-state index in [1.165, 1.54) is 43.1 Å². The third-order valence-corrected chi connectivity index (χ3v) is 6.33. The van der Waals surface area contributed by atoms with Gasteiger partial charge in [0.05, 0.1) is 0 Å². The first-order valence-electron chi connectivity index (χ1n) is 7.72. The fourth-order valence-corrected chi connectivity index (χ4v) is 4.85. The van der Waals surface area contributed by atoms with Gasteiger partial charge in [0.1, 0.15) is 0 Å². The largest absolute Gasteiger partial charge is 0.144 e. The first-order chi connectivity index (χ1) is 11.4. The molecule has 23 heavy (non-hydrogen) atoms. The van der Waals surface area contributed by atoms with Gasteiger partial charge in [0.25, 0.3) is 0 Å². The third kappa shape index (κ3) is 2.18. The predicted octanol–water partition coefficient (Wildman–Crippen LogP) is 6.71. The molecule has 5 rings (SSSR count). The van der Waals surface area contributed by atoms with Crippen LogP contribution in [0.25, 0.3) is 32.0 Å².